The average molecular weight is 611 g/mol. The predicted octanol–water partition coefficient (Wildman–Crippen LogP) is 9.96. The fourth-order valence-electron chi connectivity index (χ4n) is 7.89. The van der Waals surface area contributed by atoms with Crippen molar-refractivity contribution < 1.29 is 0 Å². The largest absolute Gasteiger partial charge is 0.308 e. The minimum Gasteiger partial charge on any atom is -0.308 e. The summed E-state index contributed by atoms with van der Waals surface area (Å²) in [5, 5.41) is 19.2. The van der Waals surface area contributed by atoms with Crippen LogP contribution in [0.25, 0.3) is 98.9 Å². The van der Waals surface area contributed by atoms with E-state index in [0.29, 0.717) is 22.7 Å². The molecule has 0 radical (unpaired) electrons. The van der Waals surface area contributed by atoms with Crippen LogP contribution < -0.4 is 0 Å². The Kier molecular flexibility index (Phi) is 4.82. The number of aromatic nitrogens is 5. The van der Waals surface area contributed by atoms with Gasteiger partial charge in [-0.1, -0.05) is 72.8 Å². The molecule has 11 rings (SSSR count). The molecule has 6 aromatic carbocycles. The van der Waals surface area contributed by atoms with E-state index in [1.807, 2.05) is 30.3 Å². The molecule has 0 unspecified atom stereocenters. The molecule has 0 atom stereocenters. The van der Waals surface area contributed by atoms with Gasteiger partial charge in [0.25, 0.3) is 0 Å². The van der Waals surface area contributed by atoms with Gasteiger partial charge in [-0.05, 0) is 65.4 Å². The van der Waals surface area contributed by atoms with Crippen LogP contribution in [-0.2, 0) is 0 Å². The minimum absolute atomic E-state index is 0.562. The highest BCUT2D eigenvalue weighted by Crippen LogP contribution is 2.47. The number of hydrogen-bond donors (Lipinski definition) is 0. The van der Waals surface area contributed by atoms with Crippen LogP contribution in [0.1, 0.15) is 5.56 Å². The number of pyridine rings is 1. The van der Waals surface area contributed by atoms with Crippen molar-refractivity contribution in [2.75, 3.05) is 0 Å². The summed E-state index contributed by atoms with van der Waals surface area (Å²) in [5.41, 5.74) is 9.19. The van der Waals surface area contributed by atoms with Crippen molar-refractivity contribution in [3.8, 4) is 23.3 Å². The molecule has 0 fully saturated rings. The summed E-state index contributed by atoms with van der Waals surface area (Å²) in [5.74, 6) is 0.562. The Balaban J connectivity index is 1.38. The molecule has 48 heavy (non-hydrogen) atoms. The van der Waals surface area contributed by atoms with Crippen LogP contribution in [0.2, 0.25) is 0 Å². The first-order valence-corrected chi connectivity index (χ1v) is 15.9. The van der Waals surface area contributed by atoms with Gasteiger partial charge < -0.3 is 4.40 Å². The molecule has 11 aromatic rings. The Hall–Kier alpha value is -6.84. The van der Waals surface area contributed by atoms with E-state index < -0.39 is 0 Å². The number of benzene rings is 6. The molecule has 0 aliphatic carbocycles. The van der Waals surface area contributed by atoms with Crippen LogP contribution in [0, 0.1) is 11.3 Å². The Morgan fingerprint density at radius 1 is 0.562 bits per heavy atom. The van der Waals surface area contributed by atoms with E-state index in [1.165, 1.54) is 48.9 Å². The SMILES string of the molecule is N#Cc1cccc(-c2nc(-n3c4ccccc4c4cc5c6ccccc6n6c7cc8ccccc8cc7c(c43)c56)nc3cccnc23)c1. The van der Waals surface area contributed by atoms with Crippen LogP contribution in [0.5, 0.6) is 0 Å². The molecule has 0 saturated carbocycles. The fraction of sp³-hybridized carbons (Fsp3) is 0. The standard InChI is InChI=1S/C42H22N6/c43-23-24-9-7-12-27(19-24)38-39-33(15-8-18-44-39)45-42(46-38)48-35-17-6-4-14-29(35)31-22-30-28-13-3-5-16-34(28)47-36-21-26-11-2-1-10-25(26)20-32(36)37(40(30)47)41(31)48/h1-22H. The van der Waals surface area contributed by atoms with Gasteiger partial charge in [0.2, 0.25) is 5.95 Å². The molecular weight excluding hydrogens is 589 g/mol. The van der Waals surface area contributed by atoms with Crippen molar-refractivity contribution in [3.63, 3.8) is 0 Å². The highest BCUT2D eigenvalue weighted by atomic mass is 15.2. The summed E-state index contributed by atoms with van der Waals surface area (Å²) in [6.07, 6.45) is 1.76. The number of rotatable bonds is 2. The molecule has 5 heterocycles. The Morgan fingerprint density at radius 2 is 1.31 bits per heavy atom. The van der Waals surface area contributed by atoms with E-state index >= 15 is 0 Å². The minimum atomic E-state index is 0.562. The number of para-hydroxylation sites is 2. The lowest BCUT2D eigenvalue weighted by Gasteiger charge is -2.12. The third kappa shape index (κ3) is 3.22. The molecule has 0 aliphatic rings. The van der Waals surface area contributed by atoms with E-state index in [-0.39, 0.29) is 0 Å². The van der Waals surface area contributed by atoms with Crippen LogP contribution in [0.4, 0.5) is 0 Å². The fourth-order valence-corrected chi connectivity index (χ4v) is 7.89. The zero-order valence-electron chi connectivity index (χ0n) is 25.4. The summed E-state index contributed by atoms with van der Waals surface area (Å²) in [4.78, 5) is 15.2. The van der Waals surface area contributed by atoms with Gasteiger partial charge in [-0.15, -0.1) is 0 Å². The lowest BCUT2D eigenvalue weighted by Crippen LogP contribution is -2.04. The van der Waals surface area contributed by atoms with Crippen molar-refractivity contribution in [2.24, 2.45) is 0 Å². The van der Waals surface area contributed by atoms with Crippen molar-refractivity contribution in [2.45, 2.75) is 0 Å². The lowest BCUT2D eigenvalue weighted by molar-refractivity contribution is 1.01. The first-order valence-electron chi connectivity index (χ1n) is 15.9. The van der Waals surface area contributed by atoms with Crippen LogP contribution >= 0.6 is 0 Å². The zero-order chi connectivity index (χ0) is 31.5. The normalized spacial score (nSPS) is 12.1. The number of nitrogens with zero attached hydrogens (tertiary/aromatic N) is 6. The molecule has 0 amide bonds. The summed E-state index contributed by atoms with van der Waals surface area (Å²) in [7, 11) is 0. The Morgan fingerprint density at radius 3 is 2.17 bits per heavy atom. The second-order valence-electron chi connectivity index (χ2n) is 12.4. The second-order valence-corrected chi connectivity index (χ2v) is 12.4. The molecule has 0 bridgehead atoms. The molecular formula is C42H22N6. The third-order valence-corrected chi connectivity index (χ3v) is 9.87. The predicted molar refractivity (Wildman–Crippen MR) is 194 cm³/mol. The van der Waals surface area contributed by atoms with Crippen molar-refractivity contribution in [1.82, 2.24) is 23.9 Å². The maximum Gasteiger partial charge on any atom is 0.235 e. The van der Waals surface area contributed by atoms with Gasteiger partial charge >= 0.3 is 0 Å². The molecule has 0 spiro atoms. The molecule has 5 aromatic heterocycles. The number of hydrogen-bond acceptors (Lipinski definition) is 4. The van der Waals surface area contributed by atoms with Gasteiger partial charge in [-0.2, -0.15) is 5.26 Å². The first-order chi connectivity index (χ1) is 23.8. The maximum absolute atomic E-state index is 9.71. The topological polar surface area (TPSA) is 71.8 Å². The van der Waals surface area contributed by atoms with Crippen molar-refractivity contribution in [1.29, 1.82) is 5.26 Å². The van der Waals surface area contributed by atoms with E-state index in [2.05, 4.69) is 106 Å². The Bertz CT molecular complexity index is 3200. The van der Waals surface area contributed by atoms with Gasteiger partial charge in [-0.25, -0.2) is 9.97 Å². The van der Waals surface area contributed by atoms with Crippen LogP contribution in [0.15, 0.2) is 134 Å². The summed E-state index contributed by atoms with van der Waals surface area (Å²) in [6, 6.07) is 46.6. The molecule has 6 heteroatoms. The third-order valence-electron chi connectivity index (χ3n) is 9.87. The van der Waals surface area contributed by atoms with Gasteiger partial charge in [0.05, 0.1) is 44.7 Å². The van der Waals surface area contributed by atoms with E-state index in [0.717, 1.165) is 32.9 Å². The number of fused-ring (bicyclic) bond motifs is 12. The van der Waals surface area contributed by atoms with Crippen LogP contribution in [0.3, 0.4) is 0 Å². The van der Waals surface area contributed by atoms with Crippen molar-refractivity contribution in [3.05, 3.63) is 139 Å². The average Bonchev–Trinajstić information content (AvgIpc) is 3.77. The van der Waals surface area contributed by atoms with Gasteiger partial charge in [-0.3, -0.25) is 9.55 Å². The zero-order valence-corrected chi connectivity index (χ0v) is 25.4. The van der Waals surface area contributed by atoms with Gasteiger partial charge in [0.15, 0.2) is 0 Å². The summed E-state index contributed by atoms with van der Waals surface area (Å²) in [6.45, 7) is 0. The molecule has 0 N–H and O–H groups in total. The molecule has 6 nitrogen and oxygen atoms in total. The molecule has 0 saturated heterocycles. The lowest BCUT2D eigenvalue weighted by atomic mass is 10.0. The first kappa shape index (κ1) is 25.4. The Labute approximate surface area is 272 Å². The summed E-state index contributed by atoms with van der Waals surface area (Å²) >= 11 is 0. The number of nitriles is 1. The molecule has 0 aliphatic heterocycles. The second kappa shape index (κ2) is 9.12. The van der Waals surface area contributed by atoms with Crippen LogP contribution in [-0.4, -0.2) is 23.9 Å². The quantitative estimate of drug-likeness (QED) is 0.195. The van der Waals surface area contributed by atoms with E-state index in [9.17, 15) is 5.26 Å². The highest BCUT2D eigenvalue weighted by molar-refractivity contribution is 6.34. The molecule has 220 valence electrons. The smallest absolute Gasteiger partial charge is 0.235 e. The summed E-state index contributed by atoms with van der Waals surface area (Å²) < 4.78 is 4.67. The van der Waals surface area contributed by atoms with Crippen molar-refractivity contribution >= 4 is 81.7 Å². The van der Waals surface area contributed by atoms with E-state index in [4.69, 9.17) is 15.0 Å². The van der Waals surface area contributed by atoms with Gasteiger partial charge in [0, 0.05) is 44.1 Å². The van der Waals surface area contributed by atoms with E-state index in [1.54, 1.807) is 12.3 Å². The monoisotopic (exact) mass is 610 g/mol. The van der Waals surface area contributed by atoms with Gasteiger partial charge in [0.1, 0.15) is 11.2 Å². The highest BCUT2D eigenvalue weighted by Gasteiger charge is 2.26. The maximum atomic E-state index is 9.71.